The SMILES string of the molecule is COc1ncc(-c2cc(OCCCNc3ncc(C(=O)NO)cn3)c3ncnc(C)c3c2)cc1F. The van der Waals surface area contributed by atoms with Crippen LogP contribution in [0.4, 0.5) is 10.3 Å². The van der Waals surface area contributed by atoms with Gasteiger partial charge in [-0.2, -0.15) is 0 Å². The summed E-state index contributed by atoms with van der Waals surface area (Å²) in [6.07, 6.45) is 6.21. The van der Waals surface area contributed by atoms with E-state index in [1.165, 1.54) is 43.6 Å². The molecule has 4 rings (SSSR count). The van der Waals surface area contributed by atoms with E-state index < -0.39 is 11.7 Å². The minimum absolute atomic E-state index is 0.0756. The second-order valence-electron chi connectivity index (χ2n) is 7.41. The molecule has 3 heterocycles. The highest BCUT2D eigenvalue weighted by Gasteiger charge is 2.13. The van der Waals surface area contributed by atoms with E-state index in [0.717, 1.165) is 11.1 Å². The Bertz CT molecular complexity index is 1350. The van der Waals surface area contributed by atoms with Gasteiger partial charge in [0.05, 0.1) is 19.3 Å². The van der Waals surface area contributed by atoms with Gasteiger partial charge in [0.1, 0.15) is 17.6 Å². The van der Waals surface area contributed by atoms with Crippen molar-refractivity contribution < 1.29 is 23.9 Å². The number of amides is 1. The summed E-state index contributed by atoms with van der Waals surface area (Å²) in [4.78, 5) is 32.0. The molecule has 11 nitrogen and oxygen atoms in total. The van der Waals surface area contributed by atoms with Crippen molar-refractivity contribution in [3.8, 4) is 22.8 Å². The molecule has 0 aliphatic rings. The summed E-state index contributed by atoms with van der Waals surface area (Å²) in [5.41, 5.74) is 4.34. The Labute approximate surface area is 199 Å². The quantitative estimate of drug-likeness (QED) is 0.186. The van der Waals surface area contributed by atoms with Crippen LogP contribution in [0.3, 0.4) is 0 Å². The van der Waals surface area contributed by atoms with Crippen LogP contribution in [0.2, 0.25) is 0 Å². The fourth-order valence-electron chi connectivity index (χ4n) is 3.33. The molecule has 0 fully saturated rings. The number of hydrogen-bond donors (Lipinski definition) is 3. The molecule has 0 saturated carbocycles. The minimum Gasteiger partial charge on any atom is -0.491 e. The van der Waals surface area contributed by atoms with Gasteiger partial charge in [0.15, 0.2) is 5.82 Å². The molecule has 0 aliphatic heterocycles. The highest BCUT2D eigenvalue weighted by molar-refractivity contribution is 5.92. The van der Waals surface area contributed by atoms with Crippen LogP contribution in [0.1, 0.15) is 22.5 Å². The van der Waals surface area contributed by atoms with Crippen molar-refractivity contribution in [2.45, 2.75) is 13.3 Å². The summed E-state index contributed by atoms with van der Waals surface area (Å²) in [5.74, 6) is -0.453. The van der Waals surface area contributed by atoms with Crippen LogP contribution < -0.4 is 20.3 Å². The predicted octanol–water partition coefficient (Wildman–Crippen LogP) is 2.94. The van der Waals surface area contributed by atoms with E-state index in [1.54, 1.807) is 6.07 Å². The number of aryl methyl sites for hydroxylation is 1. The first-order valence-electron chi connectivity index (χ1n) is 10.6. The lowest BCUT2D eigenvalue weighted by Crippen LogP contribution is -2.19. The summed E-state index contributed by atoms with van der Waals surface area (Å²) in [6.45, 7) is 2.73. The Morgan fingerprint density at radius 3 is 2.57 bits per heavy atom. The lowest BCUT2D eigenvalue weighted by atomic mass is 10.0. The Morgan fingerprint density at radius 1 is 1.06 bits per heavy atom. The first-order chi connectivity index (χ1) is 17.0. The molecule has 0 saturated heterocycles. The Kier molecular flexibility index (Phi) is 7.21. The lowest BCUT2D eigenvalue weighted by molar-refractivity contribution is 0.0705. The number of aromatic nitrogens is 5. The van der Waals surface area contributed by atoms with E-state index in [0.29, 0.717) is 47.9 Å². The fourth-order valence-corrected chi connectivity index (χ4v) is 3.33. The number of hydroxylamine groups is 1. The summed E-state index contributed by atoms with van der Waals surface area (Å²) in [6, 6.07) is 5.02. The summed E-state index contributed by atoms with van der Waals surface area (Å²) in [5, 5.41) is 12.4. The third-order valence-electron chi connectivity index (χ3n) is 5.11. The maximum absolute atomic E-state index is 14.2. The molecule has 0 bridgehead atoms. The Balaban J connectivity index is 1.46. The third-order valence-corrected chi connectivity index (χ3v) is 5.11. The van der Waals surface area contributed by atoms with Crippen molar-refractivity contribution in [2.24, 2.45) is 0 Å². The van der Waals surface area contributed by atoms with Crippen molar-refractivity contribution in [3.63, 3.8) is 0 Å². The highest BCUT2D eigenvalue weighted by Crippen LogP contribution is 2.33. The third kappa shape index (κ3) is 5.38. The number of nitrogens with one attached hydrogen (secondary N) is 2. The van der Waals surface area contributed by atoms with Gasteiger partial charge in [0.2, 0.25) is 11.8 Å². The number of carbonyl (C=O) groups excluding carboxylic acids is 1. The van der Waals surface area contributed by atoms with Gasteiger partial charge >= 0.3 is 0 Å². The molecule has 12 heteroatoms. The number of nitrogens with zero attached hydrogens (tertiary/aromatic N) is 5. The molecule has 0 spiro atoms. The standard InChI is InChI=1S/C23H22FN7O4/c1-13-17-6-14(15-7-18(24)22(34-2)26-9-15)8-19(20(17)30-12-29-13)35-5-3-4-25-23-27-10-16(11-28-23)21(32)31-33/h6-12,33H,3-5H2,1-2H3,(H,31,32)(H,25,27,28). The Morgan fingerprint density at radius 2 is 1.86 bits per heavy atom. The minimum atomic E-state index is -0.688. The fraction of sp³-hybridized carbons (Fsp3) is 0.217. The first kappa shape index (κ1) is 23.7. The smallest absolute Gasteiger partial charge is 0.277 e. The molecule has 35 heavy (non-hydrogen) atoms. The molecule has 3 aromatic heterocycles. The van der Waals surface area contributed by atoms with Gasteiger partial charge in [-0.3, -0.25) is 10.0 Å². The van der Waals surface area contributed by atoms with Gasteiger partial charge in [-0.25, -0.2) is 34.8 Å². The molecule has 0 aliphatic carbocycles. The zero-order valence-electron chi connectivity index (χ0n) is 18.9. The summed E-state index contributed by atoms with van der Waals surface area (Å²) >= 11 is 0. The number of benzene rings is 1. The van der Waals surface area contributed by atoms with E-state index in [4.69, 9.17) is 14.7 Å². The summed E-state index contributed by atoms with van der Waals surface area (Å²) < 4.78 is 25.2. The molecule has 0 atom stereocenters. The lowest BCUT2D eigenvalue weighted by Gasteiger charge is -2.13. The largest absolute Gasteiger partial charge is 0.491 e. The molecule has 0 radical (unpaired) electrons. The zero-order chi connectivity index (χ0) is 24.8. The number of hydrogen-bond acceptors (Lipinski definition) is 10. The highest BCUT2D eigenvalue weighted by atomic mass is 19.1. The molecule has 3 N–H and O–H groups in total. The molecule has 1 aromatic carbocycles. The average Bonchev–Trinajstić information content (AvgIpc) is 2.88. The van der Waals surface area contributed by atoms with Gasteiger partial charge in [-0.15, -0.1) is 0 Å². The van der Waals surface area contributed by atoms with Crippen molar-refractivity contribution >= 4 is 22.8 Å². The van der Waals surface area contributed by atoms with Gasteiger partial charge in [0.25, 0.3) is 5.91 Å². The van der Waals surface area contributed by atoms with Crippen molar-refractivity contribution in [1.82, 2.24) is 30.4 Å². The van der Waals surface area contributed by atoms with Gasteiger partial charge in [0, 0.05) is 41.8 Å². The number of methoxy groups -OCH3 is 1. The topological polar surface area (TPSA) is 144 Å². The monoisotopic (exact) mass is 479 g/mol. The van der Waals surface area contributed by atoms with Crippen molar-refractivity contribution in [1.29, 1.82) is 0 Å². The number of fused-ring (bicyclic) bond motifs is 1. The number of carbonyl (C=O) groups is 1. The maximum atomic E-state index is 14.2. The average molecular weight is 479 g/mol. The number of pyridine rings is 1. The maximum Gasteiger partial charge on any atom is 0.277 e. The molecule has 180 valence electrons. The second kappa shape index (κ2) is 10.7. The van der Waals surface area contributed by atoms with Crippen molar-refractivity contribution in [3.05, 3.63) is 60.2 Å². The molecule has 4 aromatic rings. The molecular weight excluding hydrogens is 457 g/mol. The number of ether oxygens (including phenoxy) is 2. The van der Waals surface area contributed by atoms with Crippen LogP contribution >= 0.6 is 0 Å². The first-order valence-corrected chi connectivity index (χ1v) is 10.6. The molecule has 0 unspecified atom stereocenters. The van der Waals surface area contributed by atoms with Crippen LogP contribution in [-0.4, -0.2) is 56.3 Å². The number of anilines is 1. The van der Waals surface area contributed by atoms with E-state index >= 15 is 0 Å². The van der Waals surface area contributed by atoms with E-state index in [1.807, 2.05) is 13.0 Å². The zero-order valence-corrected chi connectivity index (χ0v) is 18.9. The van der Waals surface area contributed by atoms with Gasteiger partial charge < -0.3 is 14.8 Å². The van der Waals surface area contributed by atoms with Crippen molar-refractivity contribution in [2.75, 3.05) is 25.6 Å². The van der Waals surface area contributed by atoms with E-state index in [-0.39, 0.29) is 11.4 Å². The number of rotatable bonds is 9. The molecular formula is C23H22FN7O4. The predicted molar refractivity (Wildman–Crippen MR) is 124 cm³/mol. The van der Waals surface area contributed by atoms with Crippen LogP contribution in [-0.2, 0) is 0 Å². The van der Waals surface area contributed by atoms with E-state index in [2.05, 4.69) is 30.2 Å². The molecule has 1 amide bonds. The normalized spacial score (nSPS) is 10.7. The van der Waals surface area contributed by atoms with Crippen LogP contribution in [0.15, 0.2) is 43.1 Å². The van der Waals surface area contributed by atoms with Crippen LogP contribution in [0.5, 0.6) is 11.6 Å². The Hall–Kier alpha value is -4.45. The van der Waals surface area contributed by atoms with Crippen LogP contribution in [0.25, 0.3) is 22.0 Å². The summed E-state index contributed by atoms with van der Waals surface area (Å²) in [7, 11) is 1.36. The van der Waals surface area contributed by atoms with Gasteiger partial charge in [-0.1, -0.05) is 0 Å². The van der Waals surface area contributed by atoms with Gasteiger partial charge in [-0.05, 0) is 37.1 Å². The second-order valence-corrected chi connectivity index (χ2v) is 7.41. The van der Waals surface area contributed by atoms with E-state index in [9.17, 15) is 9.18 Å². The van der Waals surface area contributed by atoms with Crippen LogP contribution in [0, 0.1) is 12.7 Å². The number of halogens is 1.